The van der Waals surface area contributed by atoms with Gasteiger partial charge in [-0.2, -0.15) is 0 Å². The van der Waals surface area contributed by atoms with Gasteiger partial charge in [0, 0.05) is 24.5 Å². The molecular formula is C22H22N2O6S. The molecule has 9 heteroatoms. The number of pyridine rings is 1. The van der Waals surface area contributed by atoms with Crippen LogP contribution in [-0.4, -0.2) is 47.8 Å². The maximum absolute atomic E-state index is 12.8. The highest BCUT2D eigenvalue weighted by Gasteiger charge is 2.21. The quantitative estimate of drug-likeness (QED) is 0.370. The van der Waals surface area contributed by atoms with Gasteiger partial charge in [0.05, 0.1) is 15.9 Å². The minimum Gasteiger partial charge on any atom is -0.507 e. The zero-order valence-electron chi connectivity index (χ0n) is 16.5. The van der Waals surface area contributed by atoms with E-state index < -0.39 is 33.2 Å². The number of aromatic nitrogens is 1. The van der Waals surface area contributed by atoms with Gasteiger partial charge >= 0.3 is 5.97 Å². The largest absolute Gasteiger partial charge is 0.507 e. The van der Waals surface area contributed by atoms with Gasteiger partial charge in [0.1, 0.15) is 11.3 Å². The van der Waals surface area contributed by atoms with Crippen molar-refractivity contribution in [3.05, 3.63) is 83.7 Å². The number of nitrogens with one attached hydrogen (secondary N) is 1. The van der Waals surface area contributed by atoms with Crippen molar-refractivity contribution in [1.82, 2.24) is 10.3 Å². The number of aromatic hydroxyl groups is 1. The molecule has 1 atom stereocenters. The normalized spacial score (nSPS) is 12.4. The Labute approximate surface area is 179 Å². The summed E-state index contributed by atoms with van der Waals surface area (Å²) in [4.78, 5) is 14.9. The van der Waals surface area contributed by atoms with E-state index in [-0.39, 0.29) is 9.79 Å². The average molecular weight is 442 g/mol. The molecule has 0 aliphatic heterocycles. The lowest BCUT2D eigenvalue weighted by Crippen LogP contribution is -2.23. The third kappa shape index (κ3) is 5.46. The predicted molar refractivity (Wildman–Crippen MR) is 113 cm³/mol. The van der Waals surface area contributed by atoms with Gasteiger partial charge in [0.2, 0.25) is 9.84 Å². The number of hydrogen-bond donors (Lipinski definition) is 4. The van der Waals surface area contributed by atoms with Crippen molar-refractivity contribution in [1.29, 1.82) is 0 Å². The first kappa shape index (κ1) is 22.4. The fourth-order valence-corrected chi connectivity index (χ4v) is 4.27. The second-order valence-electron chi connectivity index (χ2n) is 6.89. The molecule has 2 aromatic carbocycles. The van der Waals surface area contributed by atoms with Crippen molar-refractivity contribution in [3.8, 4) is 5.75 Å². The first-order valence-corrected chi connectivity index (χ1v) is 11.0. The molecule has 0 fully saturated rings. The number of carboxylic acid groups (broad SMARTS) is 1. The van der Waals surface area contributed by atoms with Gasteiger partial charge in [-0.3, -0.25) is 4.98 Å². The Hall–Kier alpha value is -3.27. The van der Waals surface area contributed by atoms with Crippen LogP contribution in [0.1, 0.15) is 27.6 Å². The fourth-order valence-electron chi connectivity index (χ4n) is 2.99. The van der Waals surface area contributed by atoms with Crippen molar-refractivity contribution in [2.24, 2.45) is 0 Å². The Balaban J connectivity index is 1.61. The number of nitrogens with zero attached hydrogens (tertiary/aromatic N) is 1. The molecule has 0 spiro atoms. The SMILES string of the molecule is O=C(O)c1cc(S(=O)(=O)c2ccc(CCNC[C@H](O)c3cccnc3)cc2)ccc1O. The second kappa shape index (κ2) is 9.69. The van der Waals surface area contributed by atoms with Crippen LogP contribution in [0, 0.1) is 0 Å². The number of carbonyl (C=O) groups is 1. The molecule has 0 saturated heterocycles. The van der Waals surface area contributed by atoms with Crippen LogP contribution < -0.4 is 5.32 Å². The molecule has 0 radical (unpaired) electrons. The highest BCUT2D eigenvalue weighted by Crippen LogP contribution is 2.26. The molecule has 0 aliphatic carbocycles. The summed E-state index contributed by atoms with van der Waals surface area (Å²) in [5.74, 6) is -1.91. The van der Waals surface area contributed by atoms with Gasteiger partial charge < -0.3 is 20.6 Å². The molecule has 0 bridgehead atoms. The molecule has 0 unspecified atom stereocenters. The smallest absolute Gasteiger partial charge is 0.339 e. The van der Waals surface area contributed by atoms with Crippen LogP contribution in [0.4, 0.5) is 0 Å². The van der Waals surface area contributed by atoms with Gasteiger partial charge in [-0.25, -0.2) is 13.2 Å². The summed E-state index contributed by atoms with van der Waals surface area (Å²) >= 11 is 0. The Morgan fingerprint density at radius 1 is 1.06 bits per heavy atom. The molecule has 8 nitrogen and oxygen atoms in total. The number of aromatic carboxylic acids is 1. The topological polar surface area (TPSA) is 137 Å². The second-order valence-corrected chi connectivity index (χ2v) is 8.84. The molecule has 3 aromatic rings. The number of aliphatic hydroxyl groups is 1. The Morgan fingerprint density at radius 2 is 1.77 bits per heavy atom. The van der Waals surface area contributed by atoms with Gasteiger partial charge in [0.15, 0.2) is 0 Å². The van der Waals surface area contributed by atoms with E-state index in [1.165, 1.54) is 18.2 Å². The molecule has 1 aromatic heterocycles. The van der Waals surface area contributed by atoms with Crippen molar-refractivity contribution < 1.29 is 28.5 Å². The standard InChI is InChI=1S/C22H22N2O6S/c25-20-8-7-18(12-19(20)22(27)28)31(29,30)17-5-3-15(4-6-17)9-11-24-14-21(26)16-2-1-10-23-13-16/h1-8,10,12-13,21,24-26H,9,11,14H2,(H,27,28)/t21-/m0/s1. The van der Waals surface area contributed by atoms with Crippen LogP contribution in [0.3, 0.4) is 0 Å². The van der Waals surface area contributed by atoms with Gasteiger partial charge in [-0.1, -0.05) is 18.2 Å². The Morgan fingerprint density at radius 3 is 2.42 bits per heavy atom. The molecule has 4 N–H and O–H groups in total. The van der Waals surface area contributed by atoms with Crippen LogP contribution in [-0.2, 0) is 16.3 Å². The van der Waals surface area contributed by atoms with E-state index in [1.54, 1.807) is 36.7 Å². The Bertz CT molecular complexity index is 1150. The maximum atomic E-state index is 12.8. The van der Waals surface area contributed by atoms with Gasteiger partial charge in [-0.15, -0.1) is 0 Å². The molecule has 0 saturated carbocycles. The monoisotopic (exact) mass is 442 g/mol. The van der Waals surface area contributed by atoms with E-state index in [4.69, 9.17) is 5.11 Å². The first-order chi connectivity index (χ1) is 14.8. The number of phenols is 1. The maximum Gasteiger partial charge on any atom is 0.339 e. The third-order valence-corrected chi connectivity index (χ3v) is 6.51. The zero-order valence-corrected chi connectivity index (χ0v) is 17.3. The van der Waals surface area contributed by atoms with Crippen LogP contribution in [0.25, 0.3) is 0 Å². The lowest BCUT2D eigenvalue weighted by Gasteiger charge is -2.12. The average Bonchev–Trinajstić information content (AvgIpc) is 2.77. The number of rotatable bonds is 9. The molecule has 162 valence electrons. The number of hydrogen-bond acceptors (Lipinski definition) is 7. The van der Waals surface area contributed by atoms with Crippen molar-refractivity contribution in [2.75, 3.05) is 13.1 Å². The molecule has 31 heavy (non-hydrogen) atoms. The summed E-state index contributed by atoms with van der Waals surface area (Å²) in [5.41, 5.74) is 1.15. The van der Waals surface area contributed by atoms with Crippen molar-refractivity contribution in [3.63, 3.8) is 0 Å². The zero-order chi connectivity index (χ0) is 22.4. The van der Waals surface area contributed by atoms with Crippen LogP contribution in [0.5, 0.6) is 5.75 Å². The molecular weight excluding hydrogens is 420 g/mol. The van der Waals surface area contributed by atoms with E-state index in [0.717, 1.165) is 23.3 Å². The number of carboxylic acids is 1. The minimum atomic E-state index is -3.92. The van der Waals surface area contributed by atoms with E-state index >= 15 is 0 Å². The summed E-state index contributed by atoms with van der Waals surface area (Å²) in [6.07, 6.45) is 3.21. The predicted octanol–water partition coefficient (Wildman–Crippen LogP) is 2.18. The number of aliphatic hydroxyl groups excluding tert-OH is 1. The van der Waals surface area contributed by atoms with Gasteiger partial charge in [0.25, 0.3) is 0 Å². The van der Waals surface area contributed by atoms with E-state index in [0.29, 0.717) is 19.5 Å². The molecule has 3 rings (SSSR count). The molecule has 0 amide bonds. The molecule has 0 aliphatic rings. The summed E-state index contributed by atoms with van der Waals surface area (Å²) < 4.78 is 25.6. The fraction of sp³-hybridized carbons (Fsp3) is 0.182. The Kier molecular flexibility index (Phi) is 7.01. The lowest BCUT2D eigenvalue weighted by molar-refractivity contribution is 0.0693. The molecule has 1 heterocycles. The highest BCUT2D eigenvalue weighted by molar-refractivity contribution is 7.91. The van der Waals surface area contributed by atoms with Crippen LogP contribution in [0.15, 0.2) is 76.8 Å². The summed E-state index contributed by atoms with van der Waals surface area (Å²) in [5, 5.41) is 31.9. The summed E-state index contributed by atoms with van der Waals surface area (Å²) in [7, 11) is -3.92. The number of sulfone groups is 1. The first-order valence-electron chi connectivity index (χ1n) is 9.48. The van der Waals surface area contributed by atoms with Crippen molar-refractivity contribution >= 4 is 15.8 Å². The summed E-state index contributed by atoms with van der Waals surface area (Å²) in [6.45, 7) is 0.953. The van der Waals surface area contributed by atoms with Gasteiger partial charge in [-0.05, 0) is 54.9 Å². The number of benzene rings is 2. The highest BCUT2D eigenvalue weighted by atomic mass is 32.2. The van der Waals surface area contributed by atoms with E-state index in [1.807, 2.05) is 0 Å². The minimum absolute atomic E-state index is 0.0261. The van der Waals surface area contributed by atoms with E-state index in [9.17, 15) is 23.4 Å². The van der Waals surface area contributed by atoms with E-state index in [2.05, 4.69) is 10.3 Å². The summed E-state index contributed by atoms with van der Waals surface area (Å²) in [6, 6.07) is 13.0. The van der Waals surface area contributed by atoms with Crippen LogP contribution >= 0.6 is 0 Å². The third-order valence-electron chi connectivity index (χ3n) is 4.74. The lowest BCUT2D eigenvalue weighted by atomic mass is 10.1. The van der Waals surface area contributed by atoms with Crippen molar-refractivity contribution in [2.45, 2.75) is 22.3 Å². The van der Waals surface area contributed by atoms with Crippen LogP contribution in [0.2, 0.25) is 0 Å².